The Balaban J connectivity index is 2.42. The van der Waals surface area contributed by atoms with Crippen molar-refractivity contribution in [3.63, 3.8) is 0 Å². The predicted octanol–water partition coefficient (Wildman–Crippen LogP) is 3.25. The van der Waals surface area contributed by atoms with Crippen LogP contribution in [0.1, 0.15) is 0 Å². The molecule has 0 spiro atoms. The van der Waals surface area contributed by atoms with Crippen LogP contribution in [0.25, 0.3) is 0 Å². The van der Waals surface area contributed by atoms with E-state index in [-0.39, 0.29) is 10.6 Å². The van der Waals surface area contributed by atoms with Gasteiger partial charge in [0.05, 0.1) is 10.6 Å². The second-order valence-electron chi connectivity index (χ2n) is 4.01. The van der Waals surface area contributed by atoms with E-state index in [1.807, 2.05) is 4.72 Å². The van der Waals surface area contributed by atoms with Gasteiger partial charge >= 0.3 is 0 Å². The minimum Gasteiger partial charge on any atom is -0.398 e. The zero-order valence-corrected chi connectivity index (χ0v) is 12.6. The summed E-state index contributed by atoms with van der Waals surface area (Å²) in [5.41, 5.74) is 5.02. The van der Waals surface area contributed by atoms with Crippen LogP contribution in [0.2, 0.25) is 0 Å². The molecule has 0 fully saturated rings. The molecular weight excluding hydrogens is 373 g/mol. The Kier molecular flexibility index (Phi) is 4.15. The summed E-state index contributed by atoms with van der Waals surface area (Å²) >= 11 is 3.10. The van der Waals surface area contributed by atoms with Crippen molar-refractivity contribution in [2.75, 3.05) is 10.5 Å². The zero-order chi connectivity index (χ0) is 15.8. The average molecular weight is 381 g/mol. The van der Waals surface area contributed by atoms with E-state index < -0.39 is 33.2 Å². The lowest BCUT2D eigenvalue weighted by Crippen LogP contribution is -2.15. The molecule has 0 heterocycles. The van der Waals surface area contributed by atoms with Gasteiger partial charge in [-0.3, -0.25) is 4.72 Å². The number of nitrogen functional groups attached to an aromatic ring is 1. The third kappa shape index (κ3) is 3.13. The largest absolute Gasteiger partial charge is 0.398 e. The van der Waals surface area contributed by atoms with Crippen LogP contribution in [0, 0.1) is 17.5 Å². The van der Waals surface area contributed by atoms with Crippen molar-refractivity contribution < 1.29 is 21.6 Å². The third-order valence-electron chi connectivity index (χ3n) is 2.56. The van der Waals surface area contributed by atoms with Crippen LogP contribution < -0.4 is 10.5 Å². The Morgan fingerprint density at radius 3 is 2.33 bits per heavy atom. The number of benzene rings is 2. The first kappa shape index (κ1) is 15.6. The van der Waals surface area contributed by atoms with E-state index in [4.69, 9.17) is 5.73 Å². The first-order chi connectivity index (χ1) is 9.72. The maximum atomic E-state index is 13.5. The minimum atomic E-state index is -4.18. The average Bonchev–Trinajstić information content (AvgIpc) is 2.42. The standard InChI is InChI=1S/C12H8BrF3N2O2S/c13-7-2-1-6(5-9(7)17)21(19,20)18-10-4-3-8(14)11(15)12(10)16/h1-5,18H,17H2. The van der Waals surface area contributed by atoms with Crippen LogP contribution in [0.3, 0.4) is 0 Å². The van der Waals surface area contributed by atoms with Crippen LogP contribution in [-0.2, 0) is 10.0 Å². The normalized spacial score (nSPS) is 11.4. The Morgan fingerprint density at radius 1 is 1.05 bits per heavy atom. The van der Waals surface area contributed by atoms with Crippen molar-refractivity contribution >= 4 is 37.3 Å². The molecule has 0 atom stereocenters. The van der Waals surface area contributed by atoms with Crippen molar-refractivity contribution in [2.24, 2.45) is 0 Å². The summed E-state index contributed by atoms with van der Waals surface area (Å²) < 4.78 is 65.8. The Labute approximate surface area is 127 Å². The topological polar surface area (TPSA) is 72.2 Å². The van der Waals surface area contributed by atoms with Crippen LogP contribution in [0.15, 0.2) is 39.7 Å². The molecule has 0 aliphatic carbocycles. The monoisotopic (exact) mass is 380 g/mol. The molecule has 3 N–H and O–H groups in total. The molecule has 0 amide bonds. The summed E-state index contributed by atoms with van der Waals surface area (Å²) in [4.78, 5) is -0.243. The van der Waals surface area contributed by atoms with Crippen molar-refractivity contribution in [3.8, 4) is 0 Å². The molecular formula is C12H8BrF3N2O2S. The fourth-order valence-corrected chi connectivity index (χ4v) is 2.84. The van der Waals surface area contributed by atoms with Gasteiger partial charge in [-0.25, -0.2) is 21.6 Å². The Morgan fingerprint density at radius 2 is 1.71 bits per heavy atom. The molecule has 2 rings (SSSR count). The summed E-state index contributed by atoms with van der Waals surface area (Å²) in [7, 11) is -4.18. The minimum absolute atomic E-state index is 0.156. The molecule has 0 aromatic heterocycles. The number of rotatable bonds is 3. The van der Waals surface area contributed by atoms with E-state index in [0.29, 0.717) is 10.5 Å². The van der Waals surface area contributed by atoms with E-state index in [2.05, 4.69) is 15.9 Å². The van der Waals surface area contributed by atoms with Crippen molar-refractivity contribution in [2.45, 2.75) is 4.90 Å². The van der Waals surface area contributed by atoms with Crippen molar-refractivity contribution in [3.05, 3.63) is 52.3 Å². The molecule has 0 bridgehead atoms. The molecule has 2 aromatic carbocycles. The fourth-order valence-electron chi connectivity index (χ4n) is 1.50. The number of halogens is 4. The maximum Gasteiger partial charge on any atom is 0.262 e. The molecule has 0 aliphatic rings. The first-order valence-corrected chi connectivity index (χ1v) is 7.71. The van der Waals surface area contributed by atoms with Crippen LogP contribution >= 0.6 is 15.9 Å². The van der Waals surface area contributed by atoms with Gasteiger partial charge in [0.25, 0.3) is 10.0 Å². The van der Waals surface area contributed by atoms with Gasteiger partial charge < -0.3 is 5.73 Å². The number of nitrogens with one attached hydrogen (secondary N) is 1. The first-order valence-electron chi connectivity index (χ1n) is 5.43. The lowest BCUT2D eigenvalue weighted by atomic mass is 10.3. The van der Waals surface area contributed by atoms with Gasteiger partial charge in [0.2, 0.25) is 0 Å². The summed E-state index contributed by atoms with van der Waals surface area (Å²) in [5.74, 6) is -4.79. The highest BCUT2D eigenvalue weighted by atomic mass is 79.9. The highest BCUT2D eigenvalue weighted by molar-refractivity contribution is 9.10. The van der Waals surface area contributed by atoms with Gasteiger partial charge in [-0.1, -0.05) is 0 Å². The van der Waals surface area contributed by atoms with Gasteiger partial charge in [-0.2, -0.15) is 0 Å². The van der Waals surface area contributed by atoms with E-state index in [9.17, 15) is 21.6 Å². The molecule has 0 unspecified atom stereocenters. The van der Waals surface area contributed by atoms with Gasteiger partial charge in [0.15, 0.2) is 17.5 Å². The number of sulfonamides is 1. The van der Waals surface area contributed by atoms with E-state index in [1.165, 1.54) is 12.1 Å². The lowest BCUT2D eigenvalue weighted by molar-refractivity contribution is 0.449. The number of nitrogens with two attached hydrogens (primary N) is 1. The third-order valence-corrected chi connectivity index (χ3v) is 4.64. The quantitative estimate of drug-likeness (QED) is 0.634. The van der Waals surface area contributed by atoms with Gasteiger partial charge in [-0.05, 0) is 46.3 Å². The van der Waals surface area contributed by atoms with Crippen LogP contribution in [-0.4, -0.2) is 8.42 Å². The predicted molar refractivity (Wildman–Crippen MR) is 75.7 cm³/mol. The molecule has 0 radical (unpaired) electrons. The SMILES string of the molecule is Nc1cc(S(=O)(=O)Nc2ccc(F)c(F)c2F)ccc1Br. The van der Waals surface area contributed by atoms with Gasteiger partial charge in [0, 0.05) is 10.2 Å². The summed E-state index contributed by atoms with van der Waals surface area (Å²) in [6, 6.07) is 5.16. The van der Waals surface area contributed by atoms with Gasteiger partial charge in [-0.15, -0.1) is 0 Å². The number of anilines is 2. The second kappa shape index (κ2) is 5.57. The smallest absolute Gasteiger partial charge is 0.262 e. The number of hydrogen-bond acceptors (Lipinski definition) is 3. The zero-order valence-electron chi connectivity index (χ0n) is 10.2. The summed E-state index contributed by atoms with van der Waals surface area (Å²) in [5, 5.41) is 0. The van der Waals surface area contributed by atoms with E-state index >= 15 is 0 Å². The molecule has 0 saturated heterocycles. The highest BCUT2D eigenvalue weighted by Crippen LogP contribution is 2.26. The second-order valence-corrected chi connectivity index (χ2v) is 6.55. The van der Waals surface area contributed by atoms with E-state index in [1.54, 1.807) is 0 Å². The summed E-state index contributed by atoms with van der Waals surface area (Å²) in [6.45, 7) is 0. The summed E-state index contributed by atoms with van der Waals surface area (Å²) in [6.07, 6.45) is 0. The molecule has 0 aliphatic heterocycles. The lowest BCUT2D eigenvalue weighted by Gasteiger charge is -2.10. The van der Waals surface area contributed by atoms with Crippen molar-refractivity contribution in [1.82, 2.24) is 0 Å². The Hall–Kier alpha value is -1.74. The van der Waals surface area contributed by atoms with E-state index in [0.717, 1.165) is 12.1 Å². The van der Waals surface area contributed by atoms with Crippen molar-refractivity contribution in [1.29, 1.82) is 0 Å². The highest BCUT2D eigenvalue weighted by Gasteiger charge is 2.20. The fraction of sp³-hybridized carbons (Fsp3) is 0. The molecule has 9 heteroatoms. The Bertz CT molecular complexity index is 812. The van der Waals surface area contributed by atoms with Crippen LogP contribution in [0.4, 0.5) is 24.5 Å². The molecule has 112 valence electrons. The maximum absolute atomic E-state index is 13.5. The number of hydrogen-bond donors (Lipinski definition) is 2. The molecule has 0 saturated carbocycles. The molecule has 4 nitrogen and oxygen atoms in total. The van der Waals surface area contributed by atoms with Crippen LogP contribution in [0.5, 0.6) is 0 Å². The molecule has 21 heavy (non-hydrogen) atoms. The van der Waals surface area contributed by atoms with Gasteiger partial charge in [0.1, 0.15) is 0 Å². The molecule has 2 aromatic rings.